The van der Waals surface area contributed by atoms with Crippen LogP contribution in [0.4, 0.5) is 20.6 Å². The van der Waals surface area contributed by atoms with Crippen LogP contribution in [0.15, 0.2) is 48.5 Å². The predicted molar refractivity (Wildman–Crippen MR) is 111 cm³/mol. The van der Waals surface area contributed by atoms with E-state index >= 15 is 0 Å². The molecule has 7 nitrogen and oxygen atoms in total. The topological polar surface area (TPSA) is 79.0 Å². The number of ether oxygens (including phenoxy) is 1. The summed E-state index contributed by atoms with van der Waals surface area (Å²) in [6.07, 6.45) is -0.187. The number of carbonyl (C=O) groups excluding carboxylic acids is 3. The van der Waals surface area contributed by atoms with Crippen LogP contribution in [0.25, 0.3) is 0 Å². The molecule has 158 valence electrons. The second-order valence-electron chi connectivity index (χ2n) is 7.16. The number of imide groups is 1. The third-order valence-corrected chi connectivity index (χ3v) is 4.72. The quantitative estimate of drug-likeness (QED) is 0.701. The first-order chi connectivity index (χ1) is 14.3. The summed E-state index contributed by atoms with van der Waals surface area (Å²) in [6.45, 7) is 5.97. The summed E-state index contributed by atoms with van der Waals surface area (Å²) in [6, 6.07) is 10.2. The zero-order chi connectivity index (χ0) is 21.8. The average Bonchev–Trinajstić information content (AvgIpc) is 2.94. The van der Waals surface area contributed by atoms with E-state index < -0.39 is 29.7 Å². The molecule has 30 heavy (non-hydrogen) atoms. The molecule has 4 amide bonds. The Balaban J connectivity index is 1.75. The van der Waals surface area contributed by atoms with Gasteiger partial charge in [0.05, 0.1) is 18.7 Å². The van der Waals surface area contributed by atoms with Crippen molar-refractivity contribution >= 4 is 29.2 Å². The smallest absolute Gasteiger partial charge is 0.332 e. The summed E-state index contributed by atoms with van der Waals surface area (Å²) in [4.78, 5) is 40.8. The van der Waals surface area contributed by atoms with E-state index in [1.165, 1.54) is 29.2 Å². The summed E-state index contributed by atoms with van der Waals surface area (Å²) in [5.41, 5.74) is 0.832. The first-order valence-corrected chi connectivity index (χ1v) is 9.76. The van der Waals surface area contributed by atoms with Gasteiger partial charge in [0.25, 0.3) is 5.91 Å². The molecule has 1 heterocycles. The number of amides is 4. The maximum atomic E-state index is 13.2. The molecule has 0 unspecified atom stereocenters. The number of rotatable bonds is 7. The van der Waals surface area contributed by atoms with E-state index in [1.54, 1.807) is 38.1 Å². The highest BCUT2D eigenvalue weighted by molar-refractivity contribution is 6.22. The highest BCUT2D eigenvalue weighted by atomic mass is 19.1. The molecule has 2 aromatic rings. The lowest BCUT2D eigenvalue weighted by atomic mass is 10.1. The van der Waals surface area contributed by atoms with E-state index in [0.717, 1.165) is 4.90 Å². The first kappa shape index (κ1) is 21.3. The Hall–Kier alpha value is -3.42. The Kier molecular flexibility index (Phi) is 6.34. The van der Waals surface area contributed by atoms with Gasteiger partial charge in [-0.15, -0.1) is 0 Å². The number of urea groups is 1. The Labute approximate surface area is 174 Å². The average molecular weight is 413 g/mol. The van der Waals surface area contributed by atoms with Crippen LogP contribution in [0.5, 0.6) is 5.75 Å². The molecule has 1 saturated heterocycles. The van der Waals surface area contributed by atoms with Gasteiger partial charge in [0.15, 0.2) is 0 Å². The standard InChI is InChI=1S/C22H24FN3O4/c1-4-30-18-11-7-16(8-12-18)24-20(27)13-19-21(28)26(22(29)25(19)14(2)3)17-9-5-15(23)6-10-17/h5-12,14,19H,4,13H2,1-3H3,(H,24,27)/t19-/m0/s1. The number of benzene rings is 2. The summed E-state index contributed by atoms with van der Waals surface area (Å²) in [7, 11) is 0. The van der Waals surface area contributed by atoms with Crippen LogP contribution < -0.4 is 15.0 Å². The van der Waals surface area contributed by atoms with E-state index in [2.05, 4.69) is 5.32 Å². The van der Waals surface area contributed by atoms with E-state index in [1.807, 2.05) is 6.92 Å². The molecule has 0 radical (unpaired) electrons. The van der Waals surface area contributed by atoms with E-state index in [9.17, 15) is 18.8 Å². The molecule has 3 rings (SSSR count). The summed E-state index contributed by atoms with van der Waals surface area (Å²) >= 11 is 0. The monoisotopic (exact) mass is 413 g/mol. The van der Waals surface area contributed by atoms with E-state index in [4.69, 9.17) is 4.74 Å². The Morgan fingerprint density at radius 1 is 1.10 bits per heavy atom. The van der Waals surface area contributed by atoms with Crippen molar-refractivity contribution in [2.24, 2.45) is 0 Å². The fourth-order valence-electron chi connectivity index (χ4n) is 3.39. The van der Waals surface area contributed by atoms with Crippen LogP contribution in [0, 0.1) is 5.82 Å². The SMILES string of the molecule is CCOc1ccc(NC(=O)C[C@H]2C(=O)N(c3ccc(F)cc3)C(=O)N2C(C)C)cc1. The number of halogens is 1. The van der Waals surface area contributed by atoms with Gasteiger partial charge < -0.3 is 15.0 Å². The third kappa shape index (κ3) is 4.42. The van der Waals surface area contributed by atoms with Crippen molar-refractivity contribution in [2.45, 2.75) is 39.3 Å². The third-order valence-electron chi connectivity index (χ3n) is 4.72. The predicted octanol–water partition coefficient (Wildman–Crippen LogP) is 3.80. The second kappa shape index (κ2) is 8.94. The maximum Gasteiger partial charge on any atom is 0.332 e. The van der Waals surface area contributed by atoms with Gasteiger partial charge in [0.1, 0.15) is 17.6 Å². The normalized spacial score (nSPS) is 16.4. The van der Waals surface area contributed by atoms with Crippen molar-refractivity contribution in [1.82, 2.24) is 4.90 Å². The van der Waals surface area contributed by atoms with Crippen molar-refractivity contribution in [3.05, 3.63) is 54.3 Å². The molecule has 1 aliphatic heterocycles. The van der Waals surface area contributed by atoms with Gasteiger partial charge in [0, 0.05) is 11.7 Å². The summed E-state index contributed by atoms with van der Waals surface area (Å²) in [5.74, 6) is -0.683. The van der Waals surface area contributed by atoms with Crippen LogP contribution in [-0.2, 0) is 9.59 Å². The molecule has 1 atom stereocenters. The molecule has 0 saturated carbocycles. The van der Waals surface area contributed by atoms with Crippen molar-refractivity contribution in [2.75, 3.05) is 16.8 Å². The number of nitrogens with zero attached hydrogens (tertiary/aromatic N) is 2. The minimum Gasteiger partial charge on any atom is -0.494 e. The molecule has 1 aliphatic rings. The highest BCUT2D eigenvalue weighted by Crippen LogP contribution is 2.29. The van der Waals surface area contributed by atoms with Gasteiger partial charge in [-0.1, -0.05) is 0 Å². The Bertz CT molecular complexity index is 928. The lowest BCUT2D eigenvalue weighted by Crippen LogP contribution is -2.42. The van der Waals surface area contributed by atoms with Crippen molar-refractivity contribution < 1.29 is 23.5 Å². The molecule has 0 spiro atoms. The molecule has 1 N–H and O–H groups in total. The molecule has 0 bridgehead atoms. The summed E-state index contributed by atoms with van der Waals surface area (Å²) in [5, 5.41) is 2.74. The fourth-order valence-corrected chi connectivity index (χ4v) is 3.39. The van der Waals surface area contributed by atoms with Crippen molar-refractivity contribution in [3.8, 4) is 5.75 Å². The second-order valence-corrected chi connectivity index (χ2v) is 7.16. The lowest BCUT2D eigenvalue weighted by Gasteiger charge is -2.25. The van der Waals surface area contributed by atoms with Crippen LogP contribution in [0.2, 0.25) is 0 Å². The molecule has 0 aromatic heterocycles. The molecule has 1 fully saturated rings. The number of hydrogen-bond acceptors (Lipinski definition) is 4. The van der Waals surface area contributed by atoms with Gasteiger partial charge in [-0.25, -0.2) is 14.1 Å². The maximum absolute atomic E-state index is 13.2. The minimum atomic E-state index is -0.940. The molecule has 2 aromatic carbocycles. The lowest BCUT2D eigenvalue weighted by molar-refractivity contribution is -0.124. The van der Waals surface area contributed by atoms with Gasteiger partial charge in [-0.2, -0.15) is 0 Å². The van der Waals surface area contributed by atoms with Crippen molar-refractivity contribution in [1.29, 1.82) is 0 Å². The van der Waals surface area contributed by atoms with Crippen LogP contribution >= 0.6 is 0 Å². The number of carbonyl (C=O) groups is 3. The number of nitrogens with one attached hydrogen (secondary N) is 1. The van der Waals surface area contributed by atoms with Crippen molar-refractivity contribution in [3.63, 3.8) is 0 Å². The fraction of sp³-hybridized carbons (Fsp3) is 0.318. The molecular formula is C22H24FN3O4. The van der Waals surface area contributed by atoms with Crippen LogP contribution in [0.3, 0.4) is 0 Å². The summed E-state index contributed by atoms with van der Waals surface area (Å²) < 4.78 is 18.6. The molecule has 0 aliphatic carbocycles. The van der Waals surface area contributed by atoms with E-state index in [0.29, 0.717) is 18.0 Å². The van der Waals surface area contributed by atoms with Crippen LogP contribution in [-0.4, -0.2) is 41.4 Å². The van der Waals surface area contributed by atoms with Gasteiger partial charge >= 0.3 is 6.03 Å². The molecule has 8 heteroatoms. The van der Waals surface area contributed by atoms with Gasteiger partial charge in [-0.3, -0.25) is 9.59 Å². The number of anilines is 2. The van der Waals surface area contributed by atoms with Gasteiger partial charge in [0.2, 0.25) is 5.91 Å². The zero-order valence-corrected chi connectivity index (χ0v) is 17.1. The van der Waals surface area contributed by atoms with E-state index in [-0.39, 0.29) is 18.2 Å². The zero-order valence-electron chi connectivity index (χ0n) is 17.1. The first-order valence-electron chi connectivity index (χ1n) is 9.76. The largest absolute Gasteiger partial charge is 0.494 e. The highest BCUT2D eigenvalue weighted by Gasteiger charge is 2.47. The minimum absolute atomic E-state index is 0.187. The Morgan fingerprint density at radius 2 is 1.73 bits per heavy atom. The van der Waals surface area contributed by atoms with Crippen LogP contribution in [0.1, 0.15) is 27.2 Å². The Morgan fingerprint density at radius 3 is 2.30 bits per heavy atom. The molecular weight excluding hydrogens is 389 g/mol. The van der Waals surface area contributed by atoms with Gasteiger partial charge in [-0.05, 0) is 69.3 Å². The number of hydrogen-bond donors (Lipinski definition) is 1.